The normalized spacial score (nSPS) is 16.6. The Morgan fingerprint density at radius 2 is 2.19 bits per heavy atom. The van der Waals surface area contributed by atoms with Crippen molar-refractivity contribution in [1.82, 2.24) is 4.98 Å². The number of fused-ring (bicyclic) bond motifs is 1. The van der Waals surface area contributed by atoms with Crippen LogP contribution in [0, 0.1) is 17.0 Å². The highest BCUT2D eigenvalue weighted by molar-refractivity contribution is 6.30. The molecular formula is C18H17ClN2O6. The summed E-state index contributed by atoms with van der Waals surface area (Å²) in [5.41, 5.74) is 3.48. The monoisotopic (exact) mass is 392 g/mol. The molecule has 1 N–H and O–H groups in total. The van der Waals surface area contributed by atoms with Gasteiger partial charge in [0, 0.05) is 34.5 Å². The second-order valence-electron chi connectivity index (χ2n) is 6.18. The maximum absolute atomic E-state index is 10.9. The Morgan fingerprint density at radius 1 is 1.48 bits per heavy atom. The Kier molecular flexibility index (Phi) is 5.57. The van der Waals surface area contributed by atoms with Crippen molar-refractivity contribution in [3.05, 3.63) is 73.5 Å². The van der Waals surface area contributed by atoms with Crippen LogP contribution in [0.25, 0.3) is 0 Å². The number of aryl methyl sites for hydroxylation is 1. The largest absolute Gasteiger partial charge is 0.481 e. The Balaban J connectivity index is 2.00. The van der Waals surface area contributed by atoms with Gasteiger partial charge in [-0.3, -0.25) is 9.78 Å². The summed E-state index contributed by atoms with van der Waals surface area (Å²) in [4.78, 5) is 31.0. The van der Waals surface area contributed by atoms with E-state index in [2.05, 4.69) is 4.98 Å². The molecule has 0 fully saturated rings. The average Bonchev–Trinajstić information content (AvgIpc) is 3.03. The number of carboxylic acids is 1. The molecule has 2 unspecified atom stereocenters. The van der Waals surface area contributed by atoms with Gasteiger partial charge in [-0.1, -0.05) is 23.7 Å². The first-order valence-corrected chi connectivity index (χ1v) is 8.63. The minimum absolute atomic E-state index is 0.0408. The zero-order chi connectivity index (χ0) is 19.6. The van der Waals surface area contributed by atoms with Crippen molar-refractivity contribution in [2.45, 2.75) is 38.6 Å². The molecule has 9 heteroatoms. The molecule has 0 bridgehead atoms. The predicted octanol–water partition coefficient (Wildman–Crippen LogP) is 3.78. The molecule has 2 heterocycles. The average molecular weight is 393 g/mol. The van der Waals surface area contributed by atoms with Crippen LogP contribution in [0.2, 0.25) is 5.02 Å². The molecule has 27 heavy (non-hydrogen) atoms. The van der Waals surface area contributed by atoms with E-state index in [4.69, 9.17) is 26.3 Å². The van der Waals surface area contributed by atoms with Crippen LogP contribution >= 0.6 is 11.6 Å². The summed E-state index contributed by atoms with van der Waals surface area (Å²) >= 11 is 5.93. The van der Waals surface area contributed by atoms with E-state index in [1.165, 1.54) is 0 Å². The first-order valence-electron chi connectivity index (χ1n) is 8.25. The lowest BCUT2D eigenvalue weighted by atomic mass is 9.93. The number of aliphatic carboxylic acids is 1. The first-order chi connectivity index (χ1) is 12.9. The molecular weight excluding hydrogens is 376 g/mol. The number of ether oxygens (including phenoxy) is 1. The van der Waals surface area contributed by atoms with Gasteiger partial charge in [-0.25, -0.2) is 0 Å². The number of carboxylic acid groups (broad SMARTS) is 1. The molecule has 2 atom stereocenters. The molecule has 142 valence electrons. The molecule has 1 aliphatic rings. The first kappa shape index (κ1) is 19.1. The van der Waals surface area contributed by atoms with E-state index in [0.717, 1.165) is 16.7 Å². The minimum atomic E-state index is -1.06. The number of hydrogen-bond acceptors (Lipinski definition) is 6. The molecule has 0 aliphatic carbocycles. The van der Waals surface area contributed by atoms with Crippen LogP contribution in [0.1, 0.15) is 53.0 Å². The molecule has 0 radical (unpaired) electrons. The third kappa shape index (κ3) is 4.17. The van der Waals surface area contributed by atoms with Gasteiger partial charge in [-0.05, 0) is 36.6 Å². The maximum Gasteiger partial charge on any atom is 0.303 e. The SMILES string of the molecule is Cc1ncc2c(c1C(CCC(=O)O)O[N+](=O)[O-])COC2c1ccc(Cl)cc1. The molecule has 0 spiro atoms. The number of rotatable bonds is 7. The van der Waals surface area contributed by atoms with Gasteiger partial charge in [0.25, 0.3) is 5.09 Å². The van der Waals surface area contributed by atoms with Crippen LogP contribution in [-0.2, 0) is 21.0 Å². The van der Waals surface area contributed by atoms with E-state index < -0.39 is 17.2 Å². The molecule has 3 rings (SSSR count). The molecule has 1 aromatic carbocycles. The lowest BCUT2D eigenvalue weighted by Gasteiger charge is -2.19. The summed E-state index contributed by atoms with van der Waals surface area (Å²) < 4.78 is 5.90. The summed E-state index contributed by atoms with van der Waals surface area (Å²) in [6.45, 7) is 1.94. The zero-order valence-corrected chi connectivity index (χ0v) is 15.2. The number of carbonyl (C=O) groups is 1. The van der Waals surface area contributed by atoms with E-state index in [-0.39, 0.29) is 25.6 Å². The summed E-state index contributed by atoms with van der Waals surface area (Å²) in [5, 5.41) is 19.6. The van der Waals surface area contributed by atoms with Crippen molar-refractivity contribution in [2.75, 3.05) is 0 Å². The summed E-state index contributed by atoms with van der Waals surface area (Å²) in [6.07, 6.45) is -0.0175. The van der Waals surface area contributed by atoms with Gasteiger partial charge in [-0.15, -0.1) is 10.1 Å². The summed E-state index contributed by atoms with van der Waals surface area (Å²) in [6, 6.07) is 7.20. The Labute approximate surface area is 159 Å². The van der Waals surface area contributed by atoms with Crippen LogP contribution in [0.5, 0.6) is 0 Å². The molecule has 1 aromatic heterocycles. The number of aromatic nitrogens is 1. The van der Waals surface area contributed by atoms with Crippen LogP contribution in [0.4, 0.5) is 0 Å². The van der Waals surface area contributed by atoms with Crippen molar-refractivity contribution in [3.8, 4) is 0 Å². The number of pyridine rings is 1. The van der Waals surface area contributed by atoms with E-state index in [1.807, 2.05) is 12.1 Å². The number of nitrogens with zero attached hydrogens (tertiary/aromatic N) is 2. The third-order valence-corrected chi connectivity index (χ3v) is 4.72. The highest BCUT2D eigenvalue weighted by atomic mass is 35.5. The van der Waals surface area contributed by atoms with Crippen molar-refractivity contribution >= 4 is 17.6 Å². The molecule has 1 aliphatic heterocycles. The lowest BCUT2D eigenvalue weighted by Crippen LogP contribution is -2.15. The van der Waals surface area contributed by atoms with Gasteiger partial charge in [0.05, 0.1) is 6.61 Å². The topological polar surface area (TPSA) is 112 Å². The van der Waals surface area contributed by atoms with Crippen molar-refractivity contribution < 1.29 is 24.6 Å². The minimum Gasteiger partial charge on any atom is -0.481 e. The van der Waals surface area contributed by atoms with Crippen molar-refractivity contribution in [2.24, 2.45) is 0 Å². The quantitative estimate of drug-likeness (QED) is 0.563. The van der Waals surface area contributed by atoms with Gasteiger partial charge >= 0.3 is 5.97 Å². The Bertz CT molecular complexity index is 871. The molecule has 0 saturated heterocycles. The summed E-state index contributed by atoms with van der Waals surface area (Å²) in [7, 11) is 0. The van der Waals surface area contributed by atoms with E-state index in [1.54, 1.807) is 25.3 Å². The van der Waals surface area contributed by atoms with Gasteiger partial charge in [0.15, 0.2) is 0 Å². The van der Waals surface area contributed by atoms with Crippen molar-refractivity contribution in [1.29, 1.82) is 0 Å². The molecule has 2 aromatic rings. The Hall–Kier alpha value is -2.71. The smallest absolute Gasteiger partial charge is 0.303 e. The fraction of sp³-hybridized carbons (Fsp3) is 0.333. The molecule has 8 nitrogen and oxygen atoms in total. The molecule has 0 saturated carbocycles. The highest BCUT2D eigenvalue weighted by Crippen LogP contribution is 2.41. The summed E-state index contributed by atoms with van der Waals surface area (Å²) in [5.74, 6) is -1.06. The second-order valence-corrected chi connectivity index (χ2v) is 6.62. The highest BCUT2D eigenvalue weighted by Gasteiger charge is 2.32. The third-order valence-electron chi connectivity index (χ3n) is 4.47. The van der Waals surface area contributed by atoms with Gasteiger partial charge in [0.2, 0.25) is 0 Å². The van der Waals surface area contributed by atoms with Gasteiger partial charge in [0.1, 0.15) is 12.2 Å². The zero-order valence-electron chi connectivity index (χ0n) is 14.4. The van der Waals surface area contributed by atoms with Gasteiger partial charge in [-0.2, -0.15) is 0 Å². The number of halogens is 1. The van der Waals surface area contributed by atoms with Gasteiger partial charge < -0.3 is 14.7 Å². The number of hydrogen-bond donors (Lipinski definition) is 1. The second kappa shape index (κ2) is 7.89. The Morgan fingerprint density at radius 3 is 2.81 bits per heavy atom. The van der Waals surface area contributed by atoms with Crippen LogP contribution < -0.4 is 0 Å². The van der Waals surface area contributed by atoms with E-state index in [9.17, 15) is 14.9 Å². The van der Waals surface area contributed by atoms with E-state index in [0.29, 0.717) is 16.3 Å². The van der Waals surface area contributed by atoms with Crippen molar-refractivity contribution in [3.63, 3.8) is 0 Å². The maximum atomic E-state index is 10.9. The fourth-order valence-electron chi connectivity index (χ4n) is 3.28. The van der Waals surface area contributed by atoms with Crippen LogP contribution in [0.3, 0.4) is 0 Å². The molecule has 0 amide bonds. The van der Waals surface area contributed by atoms with Crippen LogP contribution in [-0.4, -0.2) is 21.1 Å². The standard InChI is InChI=1S/C18H17ClN2O6/c1-10-17(15(27-21(24)25)6-7-16(22)23)14-9-26-18(13(14)8-20-10)11-2-4-12(19)5-3-11/h2-5,8,15,18H,6-7,9H2,1H3,(H,22,23). The number of benzene rings is 1. The predicted molar refractivity (Wildman–Crippen MR) is 94.7 cm³/mol. The van der Waals surface area contributed by atoms with E-state index >= 15 is 0 Å². The lowest BCUT2D eigenvalue weighted by molar-refractivity contribution is -0.771. The van der Waals surface area contributed by atoms with Crippen LogP contribution in [0.15, 0.2) is 30.5 Å². The fourth-order valence-corrected chi connectivity index (χ4v) is 3.41.